The summed E-state index contributed by atoms with van der Waals surface area (Å²) in [5.74, 6) is 1.68. The van der Waals surface area contributed by atoms with Gasteiger partial charge in [0, 0.05) is 23.7 Å². The fourth-order valence-electron chi connectivity index (χ4n) is 2.57. The summed E-state index contributed by atoms with van der Waals surface area (Å²) in [5.41, 5.74) is 3.88. The Morgan fingerprint density at radius 3 is 2.85 bits per heavy atom. The van der Waals surface area contributed by atoms with Gasteiger partial charge in [0.05, 0.1) is 23.3 Å². The lowest BCUT2D eigenvalue weighted by atomic mass is 10.3. The van der Waals surface area contributed by atoms with Crippen molar-refractivity contribution >= 4 is 33.3 Å². The third-order valence-corrected chi connectivity index (χ3v) is 4.60. The van der Waals surface area contributed by atoms with E-state index in [4.69, 9.17) is 0 Å². The van der Waals surface area contributed by atoms with Crippen LogP contribution in [0.1, 0.15) is 11.5 Å². The summed E-state index contributed by atoms with van der Waals surface area (Å²) in [7, 11) is 0. The molecule has 0 aliphatic rings. The van der Waals surface area contributed by atoms with Gasteiger partial charge in [0.1, 0.15) is 11.6 Å². The number of H-pyrrole nitrogens is 1. The highest BCUT2D eigenvalue weighted by Crippen LogP contribution is 2.20. The molecule has 130 valence electrons. The summed E-state index contributed by atoms with van der Waals surface area (Å²) < 4.78 is 0. The lowest BCUT2D eigenvalue weighted by molar-refractivity contribution is 0.749. The molecule has 3 aromatic heterocycles. The van der Waals surface area contributed by atoms with Crippen LogP contribution in [0.2, 0.25) is 0 Å². The summed E-state index contributed by atoms with van der Waals surface area (Å²) in [6, 6.07) is 13.7. The molecule has 3 N–H and O–H groups in total. The molecular formula is C19H18N6S. The summed E-state index contributed by atoms with van der Waals surface area (Å²) in [6.45, 7) is 4.70. The van der Waals surface area contributed by atoms with Crippen molar-refractivity contribution in [2.24, 2.45) is 0 Å². The molecule has 7 heteroatoms. The van der Waals surface area contributed by atoms with Crippen LogP contribution in [0.5, 0.6) is 0 Å². The number of benzene rings is 1. The first kappa shape index (κ1) is 16.3. The summed E-state index contributed by atoms with van der Waals surface area (Å²) in [6.07, 6.45) is 2.42. The topological polar surface area (TPSA) is 78.5 Å². The quantitative estimate of drug-likeness (QED) is 0.463. The van der Waals surface area contributed by atoms with Gasteiger partial charge in [-0.2, -0.15) is 0 Å². The van der Waals surface area contributed by atoms with Crippen molar-refractivity contribution < 1.29 is 0 Å². The zero-order valence-corrected chi connectivity index (χ0v) is 14.9. The predicted molar refractivity (Wildman–Crippen MR) is 105 cm³/mol. The van der Waals surface area contributed by atoms with E-state index in [0.717, 1.165) is 39.2 Å². The molecule has 0 fully saturated rings. The largest absolute Gasteiger partial charge is 0.381 e. The second kappa shape index (κ2) is 7.37. The van der Waals surface area contributed by atoms with E-state index >= 15 is 0 Å². The Hall–Kier alpha value is -3.19. The van der Waals surface area contributed by atoms with Crippen molar-refractivity contribution in [1.29, 1.82) is 0 Å². The van der Waals surface area contributed by atoms with Crippen LogP contribution in [0.4, 0.5) is 10.9 Å². The zero-order valence-electron chi connectivity index (χ0n) is 14.1. The molecule has 0 spiro atoms. The van der Waals surface area contributed by atoms with Crippen LogP contribution < -0.4 is 10.6 Å². The summed E-state index contributed by atoms with van der Waals surface area (Å²) in [4.78, 5) is 16.7. The van der Waals surface area contributed by atoms with Gasteiger partial charge in [0.15, 0.2) is 5.13 Å². The number of hydrogen-bond acceptors (Lipinski definition) is 6. The highest BCUT2D eigenvalue weighted by atomic mass is 32.1. The number of hydrogen-bond donors (Lipinski definition) is 3. The fourth-order valence-corrected chi connectivity index (χ4v) is 3.29. The number of rotatable bonds is 7. The number of anilines is 2. The van der Waals surface area contributed by atoms with Gasteiger partial charge in [-0.25, -0.2) is 15.0 Å². The van der Waals surface area contributed by atoms with E-state index in [1.165, 1.54) is 0 Å². The van der Waals surface area contributed by atoms with Crippen LogP contribution in [0.25, 0.3) is 11.0 Å². The van der Waals surface area contributed by atoms with Crippen LogP contribution in [0, 0.1) is 0 Å². The van der Waals surface area contributed by atoms with Crippen molar-refractivity contribution in [3.05, 3.63) is 77.8 Å². The van der Waals surface area contributed by atoms with E-state index in [1.807, 2.05) is 47.8 Å². The molecule has 0 bridgehead atoms. The smallest absolute Gasteiger partial charge is 0.188 e. The van der Waals surface area contributed by atoms with E-state index < -0.39 is 0 Å². The molecule has 3 heterocycles. The molecule has 0 saturated heterocycles. The van der Waals surface area contributed by atoms with E-state index in [-0.39, 0.29) is 0 Å². The average molecular weight is 362 g/mol. The first-order valence-corrected chi connectivity index (χ1v) is 9.12. The Balaban J connectivity index is 1.32. The Bertz CT molecular complexity index is 988. The van der Waals surface area contributed by atoms with Crippen LogP contribution in [-0.2, 0) is 13.0 Å². The molecule has 0 atom stereocenters. The molecule has 4 rings (SSSR count). The first-order valence-electron chi connectivity index (χ1n) is 8.24. The number of pyridine rings is 1. The second-order valence-corrected chi connectivity index (χ2v) is 6.68. The van der Waals surface area contributed by atoms with Crippen molar-refractivity contribution in [2.75, 3.05) is 5.32 Å². The van der Waals surface area contributed by atoms with Crippen molar-refractivity contribution in [2.45, 2.75) is 13.0 Å². The van der Waals surface area contributed by atoms with E-state index in [0.29, 0.717) is 13.0 Å². The van der Waals surface area contributed by atoms with E-state index in [9.17, 15) is 0 Å². The van der Waals surface area contributed by atoms with E-state index in [1.54, 1.807) is 17.5 Å². The minimum atomic E-state index is 0.608. The fraction of sp³-hybridized carbons (Fsp3) is 0.105. The predicted octanol–water partition coefficient (Wildman–Crippen LogP) is 4.00. The molecule has 0 aliphatic carbocycles. The number of allylic oxidation sites excluding steroid dienone is 1. The maximum Gasteiger partial charge on any atom is 0.188 e. The van der Waals surface area contributed by atoms with Gasteiger partial charge in [-0.15, -0.1) is 11.3 Å². The van der Waals surface area contributed by atoms with Gasteiger partial charge in [0.2, 0.25) is 0 Å². The normalized spacial score (nSPS) is 10.8. The second-order valence-electron chi connectivity index (χ2n) is 5.82. The first-order chi connectivity index (χ1) is 12.8. The molecule has 0 aliphatic heterocycles. The van der Waals surface area contributed by atoms with Crippen LogP contribution in [-0.4, -0.2) is 19.9 Å². The minimum Gasteiger partial charge on any atom is -0.381 e. The number of para-hydroxylation sites is 2. The van der Waals surface area contributed by atoms with Crippen molar-refractivity contribution in [1.82, 2.24) is 25.3 Å². The molecule has 0 saturated carbocycles. The standard InChI is InChI=1S/C19H18N6S/c1-13(21-11-18-23-15-6-2-3-7-16(15)24-18)10-14-12-26-19(22-14)25-17-8-4-5-9-20-17/h2-9,12,21H,1,10-11H2,(H,23,24)(H,20,22,25). The van der Waals surface area contributed by atoms with Gasteiger partial charge in [-0.05, 0) is 24.3 Å². The summed E-state index contributed by atoms with van der Waals surface area (Å²) >= 11 is 1.55. The number of fused-ring (bicyclic) bond motifs is 1. The number of thiazole rings is 1. The van der Waals surface area contributed by atoms with Crippen molar-refractivity contribution in [3.63, 3.8) is 0 Å². The number of aromatic nitrogens is 4. The van der Waals surface area contributed by atoms with Gasteiger partial charge < -0.3 is 15.6 Å². The Kier molecular flexibility index (Phi) is 4.61. The van der Waals surface area contributed by atoms with Gasteiger partial charge in [-0.1, -0.05) is 24.8 Å². The maximum absolute atomic E-state index is 4.58. The Morgan fingerprint density at radius 2 is 2.00 bits per heavy atom. The summed E-state index contributed by atoms with van der Waals surface area (Å²) in [5, 5.41) is 9.36. The third-order valence-electron chi connectivity index (χ3n) is 3.79. The zero-order chi connectivity index (χ0) is 17.8. The van der Waals surface area contributed by atoms with Crippen LogP contribution >= 0.6 is 11.3 Å². The van der Waals surface area contributed by atoms with Crippen LogP contribution in [0.15, 0.2) is 66.3 Å². The third kappa shape index (κ3) is 3.89. The molecule has 26 heavy (non-hydrogen) atoms. The van der Waals surface area contributed by atoms with Crippen LogP contribution in [0.3, 0.4) is 0 Å². The SMILES string of the molecule is C=C(Cc1csc(Nc2ccccn2)n1)NCc1nc2ccccc2[nH]1. The number of nitrogens with one attached hydrogen (secondary N) is 3. The Labute approximate surface area is 155 Å². The molecule has 4 aromatic rings. The average Bonchev–Trinajstić information content (AvgIpc) is 3.27. The molecule has 0 amide bonds. The number of imidazole rings is 1. The molecule has 0 unspecified atom stereocenters. The molecular weight excluding hydrogens is 344 g/mol. The number of nitrogens with zero attached hydrogens (tertiary/aromatic N) is 3. The molecule has 6 nitrogen and oxygen atoms in total. The highest BCUT2D eigenvalue weighted by Gasteiger charge is 2.06. The highest BCUT2D eigenvalue weighted by molar-refractivity contribution is 7.13. The number of aromatic amines is 1. The lowest BCUT2D eigenvalue weighted by Gasteiger charge is -2.06. The Morgan fingerprint density at radius 1 is 1.12 bits per heavy atom. The monoisotopic (exact) mass is 362 g/mol. The maximum atomic E-state index is 4.58. The molecule has 1 aromatic carbocycles. The van der Waals surface area contributed by atoms with Gasteiger partial charge in [0.25, 0.3) is 0 Å². The van der Waals surface area contributed by atoms with Gasteiger partial charge >= 0.3 is 0 Å². The minimum absolute atomic E-state index is 0.608. The van der Waals surface area contributed by atoms with Crippen molar-refractivity contribution in [3.8, 4) is 0 Å². The lowest BCUT2D eigenvalue weighted by Crippen LogP contribution is -2.14. The van der Waals surface area contributed by atoms with Gasteiger partial charge in [-0.3, -0.25) is 0 Å². The molecule has 0 radical (unpaired) electrons. The van der Waals surface area contributed by atoms with E-state index in [2.05, 4.69) is 37.1 Å².